The highest BCUT2D eigenvalue weighted by Gasteiger charge is 2.22. The predicted octanol–water partition coefficient (Wildman–Crippen LogP) is 2.61. The van der Waals surface area contributed by atoms with E-state index in [0.717, 1.165) is 0 Å². The molecular weight excluding hydrogens is 210 g/mol. The molecule has 0 spiro atoms. The Kier molecular flexibility index (Phi) is 2.41. The zero-order valence-electron chi connectivity index (χ0n) is 10.1. The molecule has 3 N–H and O–H groups in total. The summed E-state index contributed by atoms with van der Waals surface area (Å²) in [6.07, 6.45) is 0.223. The summed E-state index contributed by atoms with van der Waals surface area (Å²) < 4.78 is 0. The summed E-state index contributed by atoms with van der Waals surface area (Å²) in [7, 11) is 1.98. The third-order valence-corrected chi connectivity index (χ3v) is 3.48. The van der Waals surface area contributed by atoms with Gasteiger partial charge < -0.3 is 16.0 Å². The van der Waals surface area contributed by atoms with E-state index in [0.29, 0.717) is 6.04 Å². The van der Waals surface area contributed by atoms with Gasteiger partial charge in [0.1, 0.15) is 6.17 Å². The predicted molar refractivity (Wildman–Crippen MR) is 73.5 cm³/mol. The van der Waals surface area contributed by atoms with Crippen LogP contribution in [0.4, 0.5) is 11.4 Å². The van der Waals surface area contributed by atoms with Gasteiger partial charge in [-0.2, -0.15) is 0 Å². The second-order valence-corrected chi connectivity index (χ2v) is 4.55. The molecule has 0 radical (unpaired) electrons. The van der Waals surface area contributed by atoms with Gasteiger partial charge in [-0.05, 0) is 31.5 Å². The first kappa shape index (κ1) is 10.4. The molecule has 17 heavy (non-hydrogen) atoms. The minimum absolute atomic E-state index is 0.223. The van der Waals surface area contributed by atoms with Gasteiger partial charge >= 0.3 is 0 Å². The summed E-state index contributed by atoms with van der Waals surface area (Å²) in [6.45, 7) is 2.17. The van der Waals surface area contributed by atoms with E-state index in [1.807, 2.05) is 7.05 Å². The summed E-state index contributed by atoms with van der Waals surface area (Å²) >= 11 is 0. The zero-order valence-corrected chi connectivity index (χ0v) is 10.1. The van der Waals surface area contributed by atoms with Crippen molar-refractivity contribution in [3.63, 3.8) is 0 Å². The largest absolute Gasteiger partial charge is 0.364 e. The molecule has 0 amide bonds. The second kappa shape index (κ2) is 3.93. The molecule has 2 aromatic rings. The summed E-state index contributed by atoms with van der Waals surface area (Å²) in [5.41, 5.74) is 2.42. The molecule has 1 aliphatic heterocycles. The van der Waals surface area contributed by atoms with Gasteiger partial charge in [-0.25, -0.2) is 0 Å². The lowest BCUT2D eigenvalue weighted by atomic mass is 10.0. The normalized spacial score (nSPS) is 16.4. The van der Waals surface area contributed by atoms with E-state index in [9.17, 15) is 0 Å². The van der Waals surface area contributed by atoms with Crippen LogP contribution in [0.5, 0.6) is 0 Å². The van der Waals surface area contributed by atoms with Gasteiger partial charge in [0.25, 0.3) is 0 Å². The minimum atomic E-state index is 0.223. The van der Waals surface area contributed by atoms with Gasteiger partial charge in [0.2, 0.25) is 0 Å². The molecule has 0 aliphatic carbocycles. The smallest absolute Gasteiger partial charge is 0.112 e. The highest BCUT2D eigenvalue weighted by molar-refractivity contribution is 6.04. The Morgan fingerprint density at radius 3 is 2.18 bits per heavy atom. The molecule has 2 aromatic carbocycles. The molecule has 3 rings (SSSR count). The van der Waals surface area contributed by atoms with Crippen molar-refractivity contribution in [1.29, 1.82) is 0 Å². The first-order valence-electron chi connectivity index (χ1n) is 6.01. The van der Waals surface area contributed by atoms with Gasteiger partial charge in [0.15, 0.2) is 0 Å². The molecule has 1 atom stereocenters. The van der Waals surface area contributed by atoms with E-state index in [1.165, 1.54) is 22.1 Å². The summed E-state index contributed by atoms with van der Waals surface area (Å²) in [4.78, 5) is 0. The van der Waals surface area contributed by atoms with Gasteiger partial charge in [-0.15, -0.1) is 0 Å². The number of likely N-dealkylation sites (N-methyl/N-ethyl adjacent to an activating group) is 1. The zero-order chi connectivity index (χ0) is 11.8. The molecule has 3 heteroatoms. The molecule has 0 fully saturated rings. The maximum Gasteiger partial charge on any atom is 0.112 e. The summed E-state index contributed by atoms with van der Waals surface area (Å²) in [5.74, 6) is 0. The van der Waals surface area contributed by atoms with Crippen molar-refractivity contribution in [1.82, 2.24) is 5.32 Å². The first-order valence-corrected chi connectivity index (χ1v) is 6.01. The van der Waals surface area contributed by atoms with Crippen molar-refractivity contribution in [3.05, 3.63) is 36.4 Å². The summed E-state index contributed by atoms with van der Waals surface area (Å²) in [5, 5.41) is 12.9. The van der Waals surface area contributed by atoms with Crippen LogP contribution in [0.3, 0.4) is 0 Å². The number of rotatable bonds is 2. The molecule has 3 nitrogen and oxygen atoms in total. The SMILES string of the molecule is CNC(C)C1Nc2cccc3cccc(c23)N1. The van der Waals surface area contributed by atoms with E-state index in [2.05, 4.69) is 59.3 Å². The standard InChI is InChI=1S/C14H17N3/c1-9(15-2)14-16-11-7-3-5-10-6-4-8-12(17-14)13(10)11/h3-9,14-17H,1-2H3. The number of hydrogen-bond acceptors (Lipinski definition) is 3. The van der Waals surface area contributed by atoms with Crippen molar-refractivity contribution in [2.75, 3.05) is 17.7 Å². The van der Waals surface area contributed by atoms with Crippen LogP contribution in [-0.2, 0) is 0 Å². The Labute approximate surface area is 101 Å². The van der Waals surface area contributed by atoms with Crippen LogP contribution in [0.25, 0.3) is 10.8 Å². The molecule has 0 saturated carbocycles. The van der Waals surface area contributed by atoms with Crippen molar-refractivity contribution < 1.29 is 0 Å². The van der Waals surface area contributed by atoms with E-state index in [4.69, 9.17) is 0 Å². The highest BCUT2D eigenvalue weighted by atomic mass is 15.2. The molecule has 1 aliphatic rings. The van der Waals surface area contributed by atoms with Crippen LogP contribution in [0, 0.1) is 0 Å². The Hall–Kier alpha value is -1.74. The maximum absolute atomic E-state index is 3.54. The number of benzene rings is 2. The van der Waals surface area contributed by atoms with Crippen LogP contribution in [0.1, 0.15) is 6.92 Å². The van der Waals surface area contributed by atoms with Crippen LogP contribution < -0.4 is 16.0 Å². The van der Waals surface area contributed by atoms with Gasteiger partial charge in [-0.1, -0.05) is 24.3 Å². The molecule has 1 heterocycles. The Morgan fingerprint density at radius 2 is 1.65 bits per heavy atom. The monoisotopic (exact) mass is 227 g/mol. The molecule has 88 valence electrons. The van der Waals surface area contributed by atoms with Crippen LogP contribution in [-0.4, -0.2) is 19.3 Å². The van der Waals surface area contributed by atoms with E-state index in [-0.39, 0.29) is 6.17 Å². The molecule has 0 bridgehead atoms. The van der Waals surface area contributed by atoms with Gasteiger partial charge in [-0.3, -0.25) is 0 Å². The third kappa shape index (κ3) is 1.63. The topological polar surface area (TPSA) is 36.1 Å². The van der Waals surface area contributed by atoms with Crippen molar-refractivity contribution in [3.8, 4) is 0 Å². The number of nitrogens with one attached hydrogen (secondary N) is 3. The Bertz CT molecular complexity index is 509. The Morgan fingerprint density at radius 1 is 1.06 bits per heavy atom. The fourth-order valence-corrected chi connectivity index (χ4v) is 2.37. The minimum Gasteiger partial charge on any atom is -0.364 e. The lowest BCUT2D eigenvalue weighted by molar-refractivity contribution is 0.551. The second-order valence-electron chi connectivity index (χ2n) is 4.55. The van der Waals surface area contributed by atoms with Crippen LogP contribution >= 0.6 is 0 Å². The quantitative estimate of drug-likeness (QED) is 0.738. The van der Waals surface area contributed by atoms with Crippen molar-refractivity contribution in [2.45, 2.75) is 19.1 Å². The average molecular weight is 227 g/mol. The number of hydrogen-bond donors (Lipinski definition) is 3. The fourth-order valence-electron chi connectivity index (χ4n) is 2.37. The average Bonchev–Trinajstić information content (AvgIpc) is 2.38. The molecule has 0 saturated heterocycles. The highest BCUT2D eigenvalue weighted by Crippen LogP contribution is 2.34. The van der Waals surface area contributed by atoms with E-state index < -0.39 is 0 Å². The van der Waals surface area contributed by atoms with Crippen LogP contribution in [0.15, 0.2) is 36.4 Å². The van der Waals surface area contributed by atoms with Gasteiger partial charge in [0, 0.05) is 22.8 Å². The Balaban J connectivity index is 2.10. The van der Waals surface area contributed by atoms with E-state index in [1.54, 1.807) is 0 Å². The molecule has 0 aromatic heterocycles. The summed E-state index contributed by atoms with van der Waals surface area (Å²) in [6, 6.07) is 13.1. The third-order valence-electron chi connectivity index (χ3n) is 3.48. The fraction of sp³-hybridized carbons (Fsp3) is 0.286. The van der Waals surface area contributed by atoms with Gasteiger partial charge in [0.05, 0.1) is 0 Å². The number of anilines is 2. The maximum atomic E-state index is 3.54. The van der Waals surface area contributed by atoms with Crippen molar-refractivity contribution in [2.24, 2.45) is 0 Å². The lowest BCUT2D eigenvalue weighted by Crippen LogP contribution is -2.46. The van der Waals surface area contributed by atoms with E-state index >= 15 is 0 Å². The van der Waals surface area contributed by atoms with Crippen molar-refractivity contribution >= 4 is 22.1 Å². The van der Waals surface area contributed by atoms with Crippen LogP contribution in [0.2, 0.25) is 0 Å². The first-order chi connectivity index (χ1) is 8.29. The molecule has 1 unspecified atom stereocenters. The molecular formula is C14H17N3. The lowest BCUT2D eigenvalue weighted by Gasteiger charge is -2.33.